The number of allylic oxidation sites excluding steroid dienone is 1. The van der Waals surface area contributed by atoms with Crippen molar-refractivity contribution in [1.29, 1.82) is 0 Å². The summed E-state index contributed by atoms with van der Waals surface area (Å²) < 4.78 is 0. The number of Topliss-reactive ketones (excluding diaryl/α,β-unsaturated/α-hetero) is 1. The third-order valence-electron chi connectivity index (χ3n) is 2.51. The second-order valence-corrected chi connectivity index (χ2v) is 3.54. The highest BCUT2D eigenvalue weighted by atomic mass is 16.2. The first kappa shape index (κ1) is 11.7. The van der Waals surface area contributed by atoms with Crippen LogP contribution in [0.25, 0.3) is 6.08 Å². The summed E-state index contributed by atoms with van der Waals surface area (Å²) in [6.45, 7) is 0. The van der Waals surface area contributed by atoms with Gasteiger partial charge in [0.2, 0.25) is 0 Å². The number of imide groups is 1. The molecule has 6 nitrogen and oxygen atoms in total. The van der Waals surface area contributed by atoms with Gasteiger partial charge in [0.1, 0.15) is 6.29 Å². The molecular formula is C12H8N2O4. The number of nitrogens with zero attached hydrogens (tertiary/aromatic N) is 1. The van der Waals surface area contributed by atoms with E-state index in [9.17, 15) is 19.2 Å². The average molecular weight is 244 g/mol. The van der Waals surface area contributed by atoms with Crippen molar-refractivity contribution in [3.8, 4) is 0 Å². The van der Waals surface area contributed by atoms with E-state index in [1.807, 2.05) is 0 Å². The van der Waals surface area contributed by atoms with Crippen LogP contribution in [-0.4, -0.2) is 24.0 Å². The summed E-state index contributed by atoms with van der Waals surface area (Å²) in [7, 11) is 0. The zero-order valence-electron chi connectivity index (χ0n) is 9.12. The number of carbonyl (C=O) groups excluding carboxylic acids is 4. The third kappa shape index (κ3) is 1.60. The van der Waals surface area contributed by atoms with E-state index >= 15 is 0 Å². The van der Waals surface area contributed by atoms with E-state index in [0.717, 1.165) is 0 Å². The molecule has 0 aromatic heterocycles. The lowest BCUT2D eigenvalue weighted by molar-refractivity contribution is -0.113. The van der Waals surface area contributed by atoms with Gasteiger partial charge >= 0.3 is 11.9 Å². The molecule has 2 rings (SSSR count). The minimum atomic E-state index is -1.01. The standard InChI is InChI=1S/C12H8N2O4/c13-12(18)14-8-5-1-3-7(4-2-6-15)9(8)10(16)11(14)17/h1-6H,(H2,13,18)/b4-2+. The van der Waals surface area contributed by atoms with Gasteiger partial charge < -0.3 is 5.73 Å². The van der Waals surface area contributed by atoms with Crippen LogP contribution >= 0.6 is 0 Å². The Kier molecular flexibility index (Phi) is 2.77. The first-order chi connectivity index (χ1) is 8.57. The third-order valence-corrected chi connectivity index (χ3v) is 2.51. The lowest BCUT2D eigenvalue weighted by atomic mass is 10.0. The van der Waals surface area contributed by atoms with E-state index in [1.54, 1.807) is 12.1 Å². The number of nitrogens with two attached hydrogens (primary N) is 1. The average Bonchev–Trinajstić information content (AvgIpc) is 2.60. The number of aldehydes is 1. The highest BCUT2D eigenvalue weighted by Crippen LogP contribution is 2.31. The maximum Gasteiger partial charge on any atom is 0.326 e. The minimum absolute atomic E-state index is 0.0828. The number of amides is 3. The van der Waals surface area contributed by atoms with E-state index in [2.05, 4.69) is 0 Å². The number of hydrogen-bond donors (Lipinski definition) is 1. The number of primary amides is 1. The van der Waals surface area contributed by atoms with Crippen molar-refractivity contribution in [3.05, 3.63) is 35.4 Å². The number of fused-ring (bicyclic) bond motifs is 1. The van der Waals surface area contributed by atoms with Gasteiger partial charge in [-0.05, 0) is 17.7 Å². The Balaban J connectivity index is 2.65. The van der Waals surface area contributed by atoms with Crippen LogP contribution in [0.3, 0.4) is 0 Å². The topological polar surface area (TPSA) is 97.5 Å². The number of rotatable bonds is 2. The quantitative estimate of drug-likeness (QED) is 0.465. The molecule has 1 aliphatic rings. The van der Waals surface area contributed by atoms with Crippen LogP contribution in [0.1, 0.15) is 15.9 Å². The molecule has 1 aromatic rings. The molecule has 3 amide bonds. The Bertz CT molecular complexity index is 604. The van der Waals surface area contributed by atoms with Crippen LogP contribution in [-0.2, 0) is 9.59 Å². The van der Waals surface area contributed by atoms with Crippen molar-refractivity contribution in [1.82, 2.24) is 0 Å². The zero-order chi connectivity index (χ0) is 13.3. The molecule has 0 radical (unpaired) electrons. The minimum Gasteiger partial charge on any atom is -0.351 e. The zero-order valence-corrected chi connectivity index (χ0v) is 9.12. The Labute approximate surface area is 102 Å². The fourth-order valence-corrected chi connectivity index (χ4v) is 1.81. The Morgan fingerprint density at radius 3 is 2.61 bits per heavy atom. The fraction of sp³-hybridized carbons (Fsp3) is 0. The van der Waals surface area contributed by atoms with Crippen LogP contribution in [0.2, 0.25) is 0 Å². The van der Waals surface area contributed by atoms with Gasteiger partial charge in [0.05, 0.1) is 11.3 Å². The normalized spacial score (nSPS) is 14.1. The number of carbonyl (C=O) groups is 4. The second kappa shape index (κ2) is 4.25. The number of urea groups is 1. The van der Waals surface area contributed by atoms with Crippen LogP contribution in [0, 0.1) is 0 Å². The molecule has 0 atom stereocenters. The van der Waals surface area contributed by atoms with E-state index in [0.29, 0.717) is 16.7 Å². The maximum atomic E-state index is 11.8. The van der Waals surface area contributed by atoms with Crippen LogP contribution < -0.4 is 10.6 Å². The summed E-state index contributed by atoms with van der Waals surface area (Å²) in [5, 5.41) is 0. The summed E-state index contributed by atoms with van der Waals surface area (Å²) in [6, 6.07) is 3.56. The maximum absolute atomic E-state index is 11.8. The van der Waals surface area contributed by atoms with Crippen molar-refractivity contribution < 1.29 is 19.2 Å². The van der Waals surface area contributed by atoms with Gasteiger partial charge in [-0.3, -0.25) is 14.4 Å². The summed E-state index contributed by atoms with van der Waals surface area (Å²) in [5.41, 5.74) is 5.67. The first-order valence-corrected chi connectivity index (χ1v) is 5.01. The van der Waals surface area contributed by atoms with Gasteiger partial charge in [-0.2, -0.15) is 0 Å². The molecule has 1 heterocycles. The molecule has 0 spiro atoms. The highest BCUT2D eigenvalue weighted by Gasteiger charge is 2.39. The molecule has 0 bridgehead atoms. The summed E-state index contributed by atoms with van der Waals surface area (Å²) in [6.07, 6.45) is 3.13. The van der Waals surface area contributed by atoms with Gasteiger partial charge in [0, 0.05) is 0 Å². The first-order valence-electron chi connectivity index (χ1n) is 5.01. The Hall–Kier alpha value is -2.76. The Morgan fingerprint density at radius 2 is 2.00 bits per heavy atom. The highest BCUT2D eigenvalue weighted by molar-refractivity contribution is 6.56. The van der Waals surface area contributed by atoms with Crippen LogP contribution in [0.15, 0.2) is 24.3 Å². The molecule has 2 N–H and O–H groups in total. The molecule has 0 fully saturated rings. The smallest absolute Gasteiger partial charge is 0.326 e. The predicted molar refractivity (Wildman–Crippen MR) is 62.9 cm³/mol. The summed E-state index contributed by atoms with van der Waals surface area (Å²) in [4.78, 5) is 45.4. The molecule has 0 aliphatic carbocycles. The lowest BCUT2D eigenvalue weighted by Gasteiger charge is -2.10. The van der Waals surface area contributed by atoms with Gasteiger partial charge in [-0.15, -0.1) is 0 Å². The van der Waals surface area contributed by atoms with Crippen LogP contribution in [0.4, 0.5) is 10.5 Å². The fourth-order valence-electron chi connectivity index (χ4n) is 1.81. The van der Waals surface area contributed by atoms with Gasteiger partial charge in [0.25, 0.3) is 5.78 Å². The summed E-state index contributed by atoms with van der Waals surface area (Å²) in [5.74, 6) is -1.79. The van der Waals surface area contributed by atoms with E-state index < -0.39 is 17.7 Å². The van der Waals surface area contributed by atoms with E-state index in [1.165, 1.54) is 18.2 Å². The number of hydrogen-bond acceptors (Lipinski definition) is 4. The molecule has 0 saturated carbocycles. The molecule has 6 heteroatoms. The largest absolute Gasteiger partial charge is 0.351 e. The van der Waals surface area contributed by atoms with Crippen molar-refractivity contribution in [2.24, 2.45) is 5.73 Å². The van der Waals surface area contributed by atoms with Crippen molar-refractivity contribution >= 4 is 35.8 Å². The lowest BCUT2D eigenvalue weighted by Crippen LogP contribution is -2.39. The van der Waals surface area contributed by atoms with Gasteiger partial charge in [-0.1, -0.05) is 18.2 Å². The molecule has 0 saturated heterocycles. The van der Waals surface area contributed by atoms with Gasteiger partial charge in [-0.25, -0.2) is 9.69 Å². The molecule has 1 aromatic carbocycles. The van der Waals surface area contributed by atoms with E-state index in [-0.39, 0.29) is 11.3 Å². The van der Waals surface area contributed by atoms with Gasteiger partial charge in [0.15, 0.2) is 0 Å². The Morgan fingerprint density at radius 1 is 1.28 bits per heavy atom. The number of benzene rings is 1. The van der Waals surface area contributed by atoms with E-state index in [4.69, 9.17) is 5.73 Å². The molecule has 1 aliphatic heterocycles. The molecule has 18 heavy (non-hydrogen) atoms. The monoisotopic (exact) mass is 244 g/mol. The molecule has 0 unspecified atom stereocenters. The van der Waals surface area contributed by atoms with Crippen molar-refractivity contribution in [3.63, 3.8) is 0 Å². The van der Waals surface area contributed by atoms with Crippen molar-refractivity contribution in [2.45, 2.75) is 0 Å². The van der Waals surface area contributed by atoms with Crippen molar-refractivity contribution in [2.75, 3.05) is 4.90 Å². The number of anilines is 1. The summed E-state index contributed by atoms with van der Waals surface area (Å²) >= 11 is 0. The SMILES string of the molecule is NC(=O)N1C(=O)C(=O)c2c(/C=C/C=O)cccc21. The molecular weight excluding hydrogens is 236 g/mol. The molecule has 90 valence electrons. The van der Waals surface area contributed by atoms with Crippen LogP contribution in [0.5, 0.6) is 0 Å². The predicted octanol–water partition coefficient (Wildman–Crippen LogP) is 0.507. The number of ketones is 1. The second-order valence-electron chi connectivity index (χ2n) is 3.54.